The second kappa shape index (κ2) is 7.02. The maximum Gasteiger partial charge on any atom is 0.224 e. The lowest BCUT2D eigenvalue weighted by molar-refractivity contribution is -0.129. The van der Waals surface area contributed by atoms with Crippen LogP contribution in [-0.4, -0.2) is 41.0 Å². The van der Waals surface area contributed by atoms with Crippen molar-refractivity contribution in [1.29, 1.82) is 0 Å². The second-order valence-electron chi connectivity index (χ2n) is 6.71. The molecule has 2 aliphatic rings. The molecule has 124 valence electrons. The van der Waals surface area contributed by atoms with E-state index in [1.165, 1.54) is 12.8 Å². The molecule has 2 amide bonds. The smallest absolute Gasteiger partial charge is 0.224 e. The molecule has 1 aliphatic heterocycles. The van der Waals surface area contributed by atoms with E-state index in [4.69, 9.17) is 0 Å². The van der Waals surface area contributed by atoms with Crippen LogP contribution in [0.2, 0.25) is 0 Å². The number of phenolic OH excluding ortho intramolecular Hbond substituents is 1. The van der Waals surface area contributed by atoms with Crippen LogP contribution in [-0.2, 0) is 16.0 Å². The third-order valence-electron chi connectivity index (χ3n) is 4.87. The van der Waals surface area contributed by atoms with Crippen LogP contribution in [0.15, 0.2) is 24.3 Å². The van der Waals surface area contributed by atoms with E-state index >= 15 is 0 Å². The highest BCUT2D eigenvalue weighted by Crippen LogP contribution is 2.29. The zero-order valence-corrected chi connectivity index (χ0v) is 13.3. The van der Waals surface area contributed by atoms with Gasteiger partial charge in [-0.1, -0.05) is 25.0 Å². The van der Waals surface area contributed by atoms with E-state index in [1.807, 2.05) is 11.0 Å². The molecule has 3 rings (SSSR count). The summed E-state index contributed by atoms with van der Waals surface area (Å²) in [6.07, 6.45) is 5.49. The van der Waals surface area contributed by atoms with Gasteiger partial charge in [-0.2, -0.15) is 0 Å². The molecule has 1 atom stereocenters. The Morgan fingerprint density at radius 2 is 2.09 bits per heavy atom. The fourth-order valence-electron chi connectivity index (χ4n) is 3.69. The van der Waals surface area contributed by atoms with Crippen molar-refractivity contribution in [3.05, 3.63) is 29.8 Å². The molecule has 1 aliphatic carbocycles. The fraction of sp³-hybridized carbons (Fsp3) is 0.556. The largest absolute Gasteiger partial charge is 0.508 e. The Bertz CT molecular complexity index is 581. The first-order valence-corrected chi connectivity index (χ1v) is 8.46. The Morgan fingerprint density at radius 3 is 2.83 bits per heavy atom. The first-order valence-electron chi connectivity index (χ1n) is 8.46. The summed E-state index contributed by atoms with van der Waals surface area (Å²) in [5, 5.41) is 12.3. The summed E-state index contributed by atoms with van der Waals surface area (Å²) in [6.45, 7) is 1.32. The highest BCUT2D eigenvalue weighted by molar-refractivity contribution is 5.80. The van der Waals surface area contributed by atoms with E-state index in [0.717, 1.165) is 24.9 Å². The number of carbonyl (C=O) groups is 2. The van der Waals surface area contributed by atoms with Crippen LogP contribution >= 0.6 is 0 Å². The van der Waals surface area contributed by atoms with Crippen molar-refractivity contribution in [1.82, 2.24) is 10.2 Å². The van der Waals surface area contributed by atoms with Gasteiger partial charge in [0.1, 0.15) is 5.75 Å². The number of hydrogen-bond donors (Lipinski definition) is 2. The van der Waals surface area contributed by atoms with Crippen molar-refractivity contribution < 1.29 is 14.7 Å². The molecule has 1 aromatic rings. The van der Waals surface area contributed by atoms with E-state index in [-0.39, 0.29) is 29.9 Å². The summed E-state index contributed by atoms with van der Waals surface area (Å²) < 4.78 is 0. The lowest BCUT2D eigenvalue weighted by atomic mass is 10.1. The number of carbonyl (C=O) groups excluding carboxylic acids is 2. The highest BCUT2D eigenvalue weighted by atomic mass is 16.3. The van der Waals surface area contributed by atoms with Crippen molar-refractivity contribution in [2.24, 2.45) is 5.92 Å². The Morgan fingerprint density at radius 1 is 1.30 bits per heavy atom. The molecule has 23 heavy (non-hydrogen) atoms. The summed E-state index contributed by atoms with van der Waals surface area (Å²) in [5.74, 6) is 0.562. The second-order valence-corrected chi connectivity index (χ2v) is 6.71. The van der Waals surface area contributed by atoms with Gasteiger partial charge in [0.2, 0.25) is 11.8 Å². The van der Waals surface area contributed by atoms with Crippen LogP contribution in [0, 0.1) is 5.92 Å². The fourth-order valence-corrected chi connectivity index (χ4v) is 3.69. The topological polar surface area (TPSA) is 69.6 Å². The average molecular weight is 316 g/mol. The van der Waals surface area contributed by atoms with Gasteiger partial charge in [-0.15, -0.1) is 0 Å². The number of rotatable bonds is 5. The molecular weight excluding hydrogens is 292 g/mol. The zero-order chi connectivity index (χ0) is 16.2. The van der Waals surface area contributed by atoms with Gasteiger partial charge in [0, 0.05) is 31.5 Å². The SMILES string of the molecule is O=C(Cc1cccc(O)c1)NCC1CC(=O)N(C2CCCC2)C1. The van der Waals surface area contributed by atoms with Crippen LogP contribution in [0.1, 0.15) is 37.7 Å². The number of nitrogens with zero attached hydrogens (tertiary/aromatic N) is 1. The van der Waals surface area contributed by atoms with E-state index < -0.39 is 0 Å². The third kappa shape index (κ3) is 4.03. The summed E-state index contributed by atoms with van der Waals surface area (Å²) in [5.41, 5.74) is 0.789. The van der Waals surface area contributed by atoms with Crippen molar-refractivity contribution in [2.45, 2.75) is 44.6 Å². The van der Waals surface area contributed by atoms with Crippen LogP contribution in [0.25, 0.3) is 0 Å². The average Bonchev–Trinajstić information content (AvgIpc) is 3.14. The molecule has 0 spiro atoms. The Labute approximate surface area is 136 Å². The quantitative estimate of drug-likeness (QED) is 0.871. The summed E-state index contributed by atoms with van der Waals surface area (Å²) in [7, 11) is 0. The van der Waals surface area contributed by atoms with Gasteiger partial charge in [-0.05, 0) is 30.5 Å². The number of likely N-dealkylation sites (tertiary alicyclic amines) is 1. The van der Waals surface area contributed by atoms with Gasteiger partial charge in [0.25, 0.3) is 0 Å². The molecule has 2 fully saturated rings. The molecule has 0 aromatic heterocycles. The summed E-state index contributed by atoms with van der Waals surface area (Å²) in [6, 6.07) is 7.16. The van der Waals surface area contributed by atoms with Crippen LogP contribution < -0.4 is 5.32 Å². The third-order valence-corrected chi connectivity index (χ3v) is 4.87. The highest BCUT2D eigenvalue weighted by Gasteiger charge is 2.35. The van der Waals surface area contributed by atoms with Gasteiger partial charge >= 0.3 is 0 Å². The zero-order valence-electron chi connectivity index (χ0n) is 13.3. The number of amides is 2. The Balaban J connectivity index is 1.45. The molecular formula is C18H24N2O3. The minimum Gasteiger partial charge on any atom is -0.508 e. The van der Waals surface area contributed by atoms with Crippen molar-refractivity contribution in [3.63, 3.8) is 0 Å². The van der Waals surface area contributed by atoms with Gasteiger partial charge in [0.15, 0.2) is 0 Å². The van der Waals surface area contributed by atoms with Crippen LogP contribution in [0.4, 0.5) is 0 Å². The standard InChI is InChI=1S/C18H24N2O3/c21-16-7-3-4-13(8-16)9-17(22)19-11-14-10-18(23)20(12-14)15-5-1-2-6-15/h3-4,7-8,14-15,21H,1-2,5-6,9-12H2,(H,19,22). The molecule has 1 aromatic carbocycles. The minimum atomic E-state index is -0.0673. The summed E-state index contributed by atoms with van der Waals surface area (Å²) in [4.78, 5) is 26.2. The first-order chi connectivity index (χ1) is 11.1. The Hall–Kier alpha value is -2.04. The van der Waals surface area contributed by atoms with Crippen LogP contribution in [0.5, 0.6) is 5.75 Å². The summed E-state index contributed by atoms with van der Waals surface area (Å²) >= 11 is 0. The molecule has 5 nitrogen and oxygen atoms in total. The van der Waals surface area contributed by atoms with Gasteiger partial charge in [-0.3, -0.25) is 9.59 Å². The monoisotopic (exact) mass is 316 g/mol. The van der Waals surface area contributed by atoms with Crippen molar-refractivity contribution in [2.75, 3.05) is 13.1 Å². The first kappa shape index (κ1) is 15.8. The van der Waals surface area contributed by atoms with Crippen LogP contribution in [0.3, 0.4) is 0 Å². The van der Waals surface area contributed by atoms with Crippen molar-refractivity contribution in [3.8, 4) is 5.75 Å². The number of benzene rings is 1. The maximum absolute atomic E-state index is 12.1. The lowest BCUT2D eigenvalue weighted by Crippen LogP contribution is -2.36. The lowest BCUT2D eigenvalue weighted by Gasteiger charge is -2.24. The van der Waals surface area contributed by atoms with Crippen molar-refractivity contribution >= 4 is 11.8 Å². The number of aromatic hydroxyl groups is 1. The predicted octanol–water partition coefficient (Wildman–Crippen LogP) is 1.84. The van der Waals surface area contributed by atoms with Gasteiger partial charge in [-0.25, -0.2) is 0 Å². The minimum absolute atomic E-state index is 0.0673. The van der Waals surface area contributed by atoms with E-state index in [0.29, 0.717) is 19.0 Å². The molecule has 0 bridgehead atoms. The maximum atomic E-state index is 12.1. The Kier molecular flexibility index (Phi) is 4.84. The van der Waals surface area contributed by atoms with E-state index in [2.05, 4.69) is 5.32 Å². The predicted molar refractivity (Wildman–Crippen MR) is 86.9 cm³/mol. The molecule has 5 heteroatoms. The number of nitrogens with one attached hydrogen (secondary N) is 1. The van der Waals surface area contributed by atoms with E-state index in [9.17, 15) is 14.7 Å². The molecule has 0 radical (unpaired) electrons. The number of hydrogen-bond acceptors (Lipinski definition) is 3. The normalized spacial score (nSPS) is 21.8. The molecule has 1 heterocycles. The van der Waals surface area contributed by atoms with Gasteiger partial charge in [0.05, 0.1) is 6.42 Å². The number of phenols is 1. The van der Waals surface area contributed by atoms with Gasteiger partial charge < -0.3 is 15.3 Å². The van der Waals surface area contributed by atoms with E-state index in [1.54, 1.807) is 18.2 Å². The molecule has 1 saturated carbocycles. The molecule has 1 unspecified atom stereocenters. The molecule has 2 N–H and O–H groups in total. The molecule has 1 saturated heterocycles.